The molecular weight excluding hydrogens is 137 g/mol. The molecule has 0 rings (SSSR count). The number of carboxylic acids is 1. The summed E-state index contributed by atoms with van der Waals surface area (Å²) in [5.74, 6) is -0.934. The number of hydrogen-bond donors (Lipinski definition) is 2. The van der Waals surface area contributed by atoms with Gasteiger partial charge in [0.1, 0.15) is 6.17 Å². The summed E-state index contributed by atoms with van der Waals surface area (Å²) in [6, 6.07) is -0.643. The number of rotatable bonds is 4. The summed E-state index contributed by atoms with van der Waals surface area (Å²) in [4.78, 5) is 9.95. The molecule has 60 valence electrons. The Hall–Kier alpha value is -0.640. The fourth-order valence-electron chi connectivity index (χ4n) is 0.520. The van der Waals surface area contributed by atoms with Gasteiger partial charge in [-0.05, 0) is 13.3 Å². The highest BCUT2D eigenvalue weighted by molar-refractivity contribution is 5.66. The maximum atomic E-state index is 12.2. The van der Waals surface area contributed by atoms with Crippen LogP contribution in [-0.2, 0) is 4.79 Å². The molecule has 0 aliphatic heterocycles. The van der Waals surface area contributed by atoms with E-state index in [1.807, 2.05) is 0 Å². The molecule has 10 heavy (non-hydrogen) atoms. The minimum Gasteiger partial charge on any atom is -0.481 e. The van der Waals surface area contributed by atoms with Gasteiger partial charge in [0.05, 0.1) is 0 Å². The quantitative estimate of drug-likeness (QED) is 0.613. The van der Waals surface area contributed by atoms with Crippen LogP contribution < -0.4 is 5.73 Å². The second-order valence-corrected chi connectivity index (χ2v) is 2.27. The molecule has 0 saturated carbocycles. The molecule has 0 fully saturated rings. The molecule has 0 aliphatic carbocycles. The zero-order chi connectivity index (χ0) is 8.15. The molecule has 2 atom stereocenters. The highest BCUT2D eigenvalue weighted by Crippen LogP contribution is 2.02. The summed E-state index contributed by atoms with van der Waals surface area (Å²) >= 11 is 0. The van der Waals surface area contributed by atoms with Gasteiger partial charge in [-0.15, -0.1) is 0 Å². The van der Waals surface area contributed by atoms with E-state index in [1.165, 1.54) is 6.92 Å². The first kappa shape index (κ1) is 9.36. The van der Waals surface area contributed by atoms with Crippen LogP contribution >= 0.6 is 0 Å². The van der Waals surface area contributed by atoms with Gasteiger partial charge in [0.2, 0.25) is 0 Å². The van der Waals surface area contributed by atoms with Crippen molar-refractivity contribution in [2.45, 2.75) is 32.0 Å². The lowest BCUT2D eigenvalue weighted by Gasteiger charge is -2.09. The van der Waals surface area contributed by atoms with Crippen molar-refractivity contribution in [3.05, 3.63) is 0 Å². The van der Waals surface area contributed by atoms with E-state index in [0.717, 1.165) is 0 Å². The molecule has 0 aromatic carbocycles. The maximum Gasteiger partial charge on any atom is 0.303 e. The lowest BCUT2D eigenvalue weighted by atomic mass is 10.1. The topological polar surface area (TPSA) is 63.3 Å². The van der Waals surface area contributed by atoms with Crippen LogP contribution in [0.3, 0.4) is 0 Å². The second-order valence-electron chi connectivity index (χ2n) is 2.27. The average molecular weight is 149 g/mol. The predicted molar refractivity (Wildman–Crippen MR) is 35.4 cm³/mol. The van der Waals surface area contributed by atoms with Gasteiger partial charge >= 0.3 is 5.97 Å². The lowest BCUT2D eigenvalue weighted by molar-refractivity contribution is -0.137. The highest BCUT2D eigenvalue weighted by atomic mass is 19.1. The molecule has 0 amide bonds. The van der Waals surface area contributed by atoms with E-state index in [9.17, 15) is 9.18 Å². The zero-order valence-corrected chi connectivity index (χ0v) is 5.88. The first-order chi connectivity index (χ1) is 4.54. The van der Waals surface area contributed by atoms with E-state index in [0.29, 0.717) is 0 Å². The fraction of sp³-hybridized carbons (Fsp3) is 0.833. The molecular formula is C6H12FNO2. The molecule has 4 heteroatoms. The number of aliphatic carboxylic acids is 1. The third-order valence-electron chi connectivity index (χ3n) is 1.28. The molecule has 0 saturated heterocycles. The van der Waals surface area contributed by atoms with Crippen molar-refractivity contribution >= 4 is 5.97 Å². The molecule has 0 heterocycles. The van der Waals surface area contributed by atoms with Gasteiger partial charge in [-0.3, -0.25) is 4.79 Å². The minimum atomic E-state index is -1.13. The van der Waals surface area contributed by atoms with Gasteiger partial charge in [0, 0.05) is 12.5 Å². The summed E-state index contributed by atoms with van der Waals surface area (Å²) < 4.78 is 12.2. The summed E-state index contributed by atoms with van der Waals surface area (Å²) in [5, 5.41) is 8.17. The second kappa shape index (κ2) is 4.22. The summed E-state index contributed by atoms with van der Waals surface area (Å²) in [6.07, 6.45) is -0.984. The molecule has 0 radical (unpaired) electrons. The Morgan fingerprint density at radius 3 is 2.60 bits per heavy atom. The molecule has 0 unspecified atom stereocenters. The summed E-state index contributed by atoms with van der Waals surface area (Å²) in [5.41, 5.74) is 5.23. The van der Waals surface area contributed by atoms with E-state index in [-0.39, 0.29) is 12.8 Å². The van der Waals surface area contributed by atoms with Crippen molar-refractivity contribution in [2.75, 3.05) is 0 Å². The van der Waals surface area contributed by atoms with Gasteiger partial charge in [-0.25, -0.2) is 4.39 Å². The largest absolute Gasteiger partial charge is 0.481 e. The smallest absolute Gasteiger partial charge is 0.303 e. The number of hydrogen-bond acceptors (Lipinski definition) is 2. The van der Waals surface area contributed by atoms with E-state index in [1.54, 1.807) is 0 Å². The van der Waals surface area contributed by atoms with Crippen molar-refractivity contribution in [2.24, 2.45) is 5.73 Å². The van der Waals surface area contributed by atoms with Crippen molar-refractivity contribution < 1.29 is 14.3 Å². The molecule has 0 aliphatic rings. The number of alkyl halides is 1. The number of nitrogens with two attached hydrogens (primary N) is 1. The SMILES string of the molecule is C[C@@H](F)[C@@H](N)CCC(=O)O. The molecule has 3 nitrogen and oxygen atoms in total. The van der Waals surface area contributed by atoms with Gasteiger partial charge in [0.15, 0.2) is 0 Å². The van der Waals surface area contributed by atoms with Gasteiger partial charge < -0.3 is 10.8 Å². The Balaban J connectivity index is 3.39. The first-order valence-electron chi connectivity index (χ1n) is 3.15. The van der Waals surface area contributed by atoms with Crippen LogP contribution in [0.25, 0.3) is 0 Å². The lowest BCUT2D eigenvalue weighted by Crippen LogP contribution is -2.29. The van der Waals surface area contributed by atoms with Gasteiger partial charge in [0.25, 0.3) is 0 Å². The molecule has 0 bridgehead atoms. The molecule has 0 spiro atoms. The van der Waals surface area contributed by atoms with E-state index in [2.05, 4.69) is 0 Å². The van der Waals surface area contributed by atoms with E-state index in [4.69, 9.17) is 10.8 Å². The summed E-state index contributed by atoms with van der Waals surface area (Å²) in [6.45, 7) is 1.33. The van der Waals surface area contributed by atoms with Crippen molar-refractivity contribution in [3.63, 3.8) is 0 Å². The predicted octanol–water partition coefficient (Wildman–Crippen LogP) is 0.536. The zero-order valence-electron chi connectivity index (χ0n) is 5.88. The van der Waals surface area contributed by atoms with Crippen LogP contribution in [0.15, 0.2) is 0 Å². The third-order valence-corrected chi connectivity index (χ3v) is 1.28. The van der Waals surface area contributed by atoms with Crippen LogP contribution in [0.1, 0.15) is 19.8 Å². The van der Waals surface area contributed by atoms with Crippen LogP contribution in [0.4, 0.5) is 4.39 Å². The van der Waals surface area contributed by atoms with E-state index < -0.39 is 18.2 Å². The standard InChI is InChI=1S/C6H12FNO2/c1-4(7)5(8)2-3-6(9)10/h4-5H,2-3,8H2,1H3,(H,9,10)/t4-,5+/m1/s1. The fourth-order valence-corrected chi connectivity index (χ4v) is 0.520. The molecule has 0 aromatic heterocycles. The average Bonchev–Trinajstić information content (AvgIpc) is 1.82. The van der Waals surface area contributed by atoms with Gasteiger partial charge in [-0.1, -0.05) is 0 Å². The monoisotopic (exact) mass is 149 g/mol. The maximum absolute atomic E-state index is 12.2. The normalized spacial score (nSPS) is 16.3. The van der Waals surface area contributed by atoms with Crippen LogP contribution in [0.2, 0.25) is 0 Å². The van der Waals surface area contributed by atoms with Crippen LogP contribution in [0, 0.1) is 0 Å². The highest BCUT2D eigenvalue weighted by Gasteiger charge is 2.11. The first-order valence-corrected chi connectivity index (χ1v) is 3.15. The number of carbonyl (C=O) groups is 1. The Kier molecular flexibility index (Phi) is 3.95. The van der Waals surface area contributed by atoms with Crippen LogP contribution in [-0.4, -0.2) is 23.3 Å². The van der Waals surface area contributed by atoms with Crippen molar-refractivity contribution in [1.29, 1.82) is 0 Å². The Labute approximate surface area is 59.0 Å². The molecule has 0 aromatic rings. The van der Waals surface area contributed by atoms with E-state index >= 15 is 0 Å². The Morgan fingerprint density at radius 1 is 1.80 bits per heavy atom. The van der Waals surface area contributed by atoms with Crippen molar-refractivity contribution in [3.8, 4) is 0 Å². The third kappa shape index (κ3) is 4.26. The molecule has 3 N–H and O–H groups in total. The Bertz CT molecular complexity index is 116. The summed E-state index contributed by atoms with van der Waals surface area (Å²) in [7, 11) is 0. The van der Waals surface area contributed by atoms with Gasteiger partial charge in [-0.2, -0.15) is 0 Å². The minimum absolute atomic E-state index is 0.0601. The number of carboxylic acid groups (broad SMARTS) is 1. The van der Waals surface area contributed by atoms with Crippen molar-refractivity contribution in [1.82, 2.24) is 0 Å². The Morgan fingerprint density at radius 2 is 2.30 bits per heavy atom. The number of halogens is 1. The van der Waals surface area contributed by atoms with Crippen LogP contribution in [0.5, 0.6) is 0 Å².